The van der Waals surface area contributed by atoms with Crippen molar-refractivity contribution in [2.75, 3.05) is 40.0 Å². The molecule has 1 fully saturated rings. The van der Waals surface area contributed by atoms with Crippen molar-refractivity contribution >= 4 is 18.0 Å². The standard InChI is InChI=1S/C23H31N3O6/c1-4-31-17-10-8-15(9-11-17)20-19(22(28)30-3)18(24-23(29)25-20)14-26-12-6-7-16(13-26)21(27)32-5-2/h8-11,16,20H,4-7,12-14H2,1-3H3,(H2,24,25,29)/t16-,20+/m0/s1. The molecule has 0 saturated carbocycles. The minimum Gasteiger partial charge on any atom is -0.494 e. The number of amides is 2. The molecule has 9 nitrogen and oxygen atoms in total. The van der Waals surface area contributed by atoms with Gasteiger partial charge in [-0.05, 0) is 50.9 Å². The predicted molar refractivity (Wildman–Crippen MR) is 117 cm³/mol. The summed E-state index contributed by atoms with van der Waals surface area (Å²) in [5.74, 6) is -0.241. The quantitative estimate of drug-likeness (QED) is 0.591. The summed E-state index contributed by atoms with van der Waals surface area (Å²) in [6.07, 6.45) is 1.60. The highest BCUT2D eigenvalue weighted by Gasteiger charge is 2.35. The summed E-state index contributed by atoms with van der Waals surface area (Å²) in [4.78, 5) is 39.5. The van der Waals surface area contributed by atoms with E-state index < -0.39 is 18.0 Å². The molecule has 0 radical (unpaired) electrons. The molecule has 3 rings (SSSR count). The summed E-state index contributed by atoms with van der Waals surface area (Å²) in [6, 6.07) is 6.18. The van der Waals surface area contributed by atoms with Crippen LogP contribution in [0.25, 0.3) is 0 Å². The molecule has 32 heavy (non-hydrogen) atoms. The summed E-state index contributed by atoms with van der Waals surface area (Å²) in [5, 5.41) is 5.59. The molecule has 2 N–H and O–H groups in total. The van der Waals surface area contributed by atoms with Crippen LogP contribution >= 0.6 is 0 Å². The summed E-state index contributed by atoms with van der Waals surface area (Å²) in [5.41, 5.74) is 1.56. The number of benzene rings is 1. The number of hydrogen-bond acceptors (Lipinski definition) is 7. The minimum absolute atomic E-state index is 0.207. The van der Waals surface area contributed by atoms with Crippen molar-refractivity contribution in [3.05, 3.63) is 41.1 Å². The number of urea groups is 1. The molecule has 0 aromatic heterocycles. The molecule has 2 atom stereocenters. The fourth-order valence-corrected chi connectivity index (χ4v) is 4.14. The number of hydrogen-bond donors (Lipinski definition) is 2. The lowest BCUT2D eigenvalue weighted by molar-refractivity contribution is -0.150. The van der Waals surface area contributed by atoms with Crippen molar-refractivity contribution in [1.82, 2.24) is 15.5 Å². The van der Waals surface area contributed by atoms with Crippen LogP contribution in [-0.2, 0) is 19.1 Å². The number of piperidine rings is 1. The monoisotopic (exact) mass is 445 g/mol. The first-order valence-corrected chi connectivity index (χ1v) is 11.0. The number of rotatable bonds is 8. The van der Waals surface area contributed by atoms with Gasteiger partial charge >= 0.3 is 18.0 Å². The molecule has 2 heterocycles. The van der Waals surface area contributed by atoms with Crippen LogP contribution in [0.2, 0.25) is 0 Å². The van der Waals surface area contributed by atoms with Crippen LogP contribution in [0, 0.1) is 5.92 Å². The van der Waals surface area contributed by atoms with Crippen molar-refractivity contribution in [1.29, 1.82) is 0 Å². The molecule has 174 valence electrons. The number of likely N-dealkylation sites (tertiary alicyclic amines) is 1. The van der Waals surface area contributed by atoms with Crippen LogP contribution in [0.3, 0.4) is 0 Å². The Hall–Kier alpha value is -3.07. The van der Waals surface area contributed by atoms with Gasteiger partial charge in [-0.2, -0.15) is 0 Å². The van der Waals surface area contributed by atoms with Crippen LogP contribution in [0.5, 0.6) is 5.75 Å². The smallest absolute Gasteiger partial charge is 0.338 e. The minimum atomic E-state index is -0.660. The van der Waals surface area contributed by atoms with E-state index in [-0.39, 0.29) is 11.9 Å². The van der Waals surface area contributed by atoms with Crippen molar-refractivity contribution in [2.24, 2.45) is 5.92 Å². The lowest BCUT2D eigenvalue weighted by atomic mass is 9.94. The fraction of sp³-hybridized carbons (Fsp3) is 0.522. The molecule has 2 aliphatic rings. The van der Waals surface area contributed by atoms with Gasteiger partial charge < -0.3 is 24.8 Å². The third-order valence-corrected chi connectivity index (χ3v) is 5.59. The third kappa shape index (κ3) is 5.59. The Morgan fingerprint density at radius 1 is 1.16 bits per heavy atom. The Labute approximate surface area is 188 Å². The van der Waals surface area contributed by atoms with Crippen LogP contribution in [0.15, 0.2) is 35.5 Å². The van der Waals surface area contributed by atoms with Crippen molar-refractivity contribution in [3.8, 4) is 5.75 Å². The van der Waals surface area contributed by atoms with Crippen LogP contribution in [0.1, 0.15) is 38.3 Å². The van der Waals surface area contributed by atoms with Gasteiger partial charge in [-0.25, -0.2) is 9.59 Å². The molecule has 1 aromatic rings. The predicted octanol–water partition coefficient (Wildman–Crippen LogP) is 2.14. The normalized spacial score (nSPS) is 21.4. The zero-order valence-electron chi connectivity index (χ0n) is 18.8. The second kappa shape index (κ2) is 11.0. The Morgan fingerprint density at radius 2 is 1.91 bits per heavy atom. The first kappa shape index (κ1) is 23.6. The first-order valence-electron chi connectivity index (χ1n) is 11.0. The second-order valence-corrected chi connectivity index (χ2v) is 7.74. The average Bonchev–Trinajstić information content (AvgIpc) is 2.79. The highest BCUT2D eigenvalue weighted by Crippen LogP contribution is 2.30. The first-order chi connectivity index (χ1) is 15.5. The Kier molecular flexibility index (Phi) is 8.10. The van der Waals surface area contributed by atoms with Gasteiger partial charge in [0.15, 0.2) is 0 Å². The molecular weight excluding hydrogens is 414 g/mol. The lowest BCUT2D eigenvalue weighted by Crippen LogP contribution is -2.49. The Balaban J connectivity index is 1.87. The van der Waals surface area contributed by atoms with Gasteiger partial charge in [0.1, 0.15) is 5.75 Å². The second-order valence-electron chi connectivity index (χ2n) is 7.74. The summed E-state index contributed by atoms with van der Waals surface area (Å²) in [7, 11) is 1.32. The maximum atomic E-state index is 12.7. The summed E-state index contributed by atoms with van der Waals surface area (Å²) < 4.78 is 15.7. The Morgan fingerprint density at radius 3 is 2.56 bits per heavy atom. The van der Waals surface area contributed by atoms with Gasteiger partial charge in [0.2, 0.25) is 0 Å². The number of ether oxygens (including phenoxy) is 3. The van der Waals surface area contributed by atoms with E-state index in [4.69, 9.17) is 14.2 Å². The molecule has 1 saturated heterocycles. The highest BCUT2D eigenvalue weighted by molar-refractivity contribution is 5.95. The largest absolute Gasteiger partial charge is 0.494 e. The van der Waals surface area contributed by atoms with E-state index in [0.717, 1.165) is 24.9 Å². The number of methoxy groups -OCH3 is 1. The molecule has 0 unspecified atom stereocenters. The zero-order valence-corrected chi connectivity index (χ0v) is 18.8. The number of nitrogens with zero attached hydrogens (tertiary/aromatic N) is 1. The Bertz CT molecular complexity index is 867. The molecule has 0 aliphatic carbocycles. The van der Waals surface area contributed by atoms with E-state index in [1.807, 2.05) is 19.1 Å². The third-order valence-electron chi connectivity index (χ3n) is 5.59. The van der Waals surface area contributed by atoms with Gasteiger partial charge in [0.25, 0.3) is 0 Å². The van der Waals surface area contributed by atoms with Crippen molar-refractivity contribution < 1.29 is 28.6 Å². The molecule has 2 amide bonds. The maximum absolute atomic E-state index is 12.7. The van der Waals surface area contributed by atoms with Crippen LogP contribution < -0.4 is 15.4 Å². The zero-order chi connectivity index (χ0) is 23.1. The number of esters is 2. The van der Waals surface area contributed by atoms with E-state index in [1.54, 1.807) is 19.1 Å². The number of carbonyl (C=O) groups excluding carboxylic acids is 3. The summed E-state index contributed by atoms with van der Waals surface area (Å²) in [6.45, 7) is 6.16. The molecular formula is C23H31N3O6. The molecule has 9 heteroatoms. The van der Waals surface area contributed by atoms with Gasteiger partial charge in [0.05, 0.1) is 37.9 Å². The van der Waals surface area contributed by atoms with E-state index in [2.05, 4.69) is 15.5 Å². The molecule has 0 bridgehead atoms. The van der Waals surface area contributed by atoms with Gasteiger partial charge in [-0.1, -0.05) is 12.1 Å². The van der Waals surface area contributed by atoms with Gasteiger partial charge in [0, 0.05) is 18.8 Å². The topological polar surface area (TPSA) is 106 Å². The molecule has 2 aliphatic heterocycles. The van der Waals surface area contributed by atoms with E-state index >= 15 is 0 Å². The number of carbonyl (C=O) groups is 3. The molecule has 0 spiro atoms. The van der Waals surface area contributed by atoms with Crippen molar-refractivity contribution in [3.63, 3.8) is 0 Å². The van der Waals surface area contributed by atoms with Crippen LogP contribution in [0.4, 0.5) is 4.79 Å². The highest BCUT2D eigenvalue weighted by atomic mass is 16.5. The van der Waals surface area contributed by atoms with E-state index in [0.29, 0.717) is 43.3 Å². The average molecular weight is 446 g/mol. The lowest BCUT2D eigenvalue weighted by Gasteiger charge is -2.35. The van der Waals surface area contributed by atoms with E-state index in [1.165, 1.54) is 7.11 Å². The summed E-state index contributed by atoms with van der Waals surface area (Å²) >= 11 is 0. The molecule has 1 aromatic carbocycles. The van der Waals surface area contributed by atoms with Gasteiger partial charge in [-0.15, -0.1) is 0 Å². The van der Waals surface area contributed by atoms with Gasteiger partial charge in [-0.3, -0.25) is 9.69 Å². The van der Waals surface area contributed by atoms with E-state index in [9.17, 15) is 14.4 Å². The van der Waals surface area contributed by atoms with Crippen molar-refractivity contribution in [2.45, 2.75) is 32.7 Å². The maximum Gasteiger partial charge on any atom is 0.338 e. The fourth-order valence-electron chi connectivity index (χ4n) is 4.14. The SMILES string of the molecule is CCOC(=O)[C@H]1CCCN(CC2=C(C(=O)OC)[C@@H](c3ccc(OCC)cc3)NC(=O)N2)C1. The number of nitrogens with one attached hydrogen (secondary N) is 2. The van der Waals surface area contributed by atoms with Crippen LogP contribution in [-0.4, -0.2) is 62.8 Å².